The van der Waals surface area contributed by atoms with E-state index >= 15 is 4.57 Å². The van der Waals surface area contributed by atoms with Gasteiger partial charge in [-0.3, -0.25) is 9.36 Å². The van der Waals surface area contributed by atoms with E-state index in [-0.39, 0.29) is 25.6 Å². The van der Waals surface area contributed by atoms with Gasteiger partial charge in [-0.05, 0) is 42.4 Å². The normalized spacial score (nSPS) is 14.6. The summed E-state index contributed by atoms with van der Waals surface area (Å²) in [5, 5.41) is 6.17. The van der Waals surface area contributed by atoms with E-state index in [2.05, 4.69) is 15.1 Å². The zero-order valence-corrected chi connectivity index (χ0v) is 30.3. The molecule has 10 nitrogen and oxygen atoms in total. The van der Waals surface area contributed by atoms with Crippen molar-refractivity contribution in [1.29, 1.82) is 0 Å². The molecule has 0 aliphatic rings. The zero-order chi connectivity index (χ0) is 36.0. The number of carbonyl (C=O) groups excluding carboxylic acids is 2. The van der Waals surface area contributed by atoms with Crippen LogP contribution in [-0.2, 0) is 41.9 Å². The number of carbonyl (C=O) groups is 2. The molecule has 4 rings (SSSR count). The van der Waals surface area contributed by atoms with Crippen LogP contribution in [-0.4, -0.2) is 44.9 Å². The van der Waals surface area contributed by atoms with Gasteiger partial charge in [-0.2, -0.15) is 4.72 Å². The summed E-state index contributed by atoms with van der Waals surface area (Å²) in [4.78, 5) is 26.2. The third-order valence-electron chi connectivity index (χ3n) is 7.82. The molecular formula is C38H46N3O7PS. The largest absolute Gasteiger partial charge is 0.465 e. The lowest BCUT2D eigenvalue weighted by atomic mass is 10.1. The van der Waals surface area contributed by atoms with Gasteiger partial charge in [-0.25, -0.2) is 18.3 Å². The van der Waals surface area contributed by atoms with E-state index in [9.17, 15) is 18.0 Å². The van der Waals surface area contributed by atoms with E-state index in [4.69, 9.17) is 9.47 Å². The van der Waals surface area contributed by atoms with Gasteiger partial charge in [-0.1, -0.05) is 135 Å². The molecule has 0 saturated heterocycles. The van der Waals surface area contributed by atoms with Crippen LogP contribution in [0.4, 0.5) is 4.79 Å². The predicted molar refractivity (Wildman–Crippen MR) is 196 cm³/mol. The highest BCUT2D eigenvalue weighted by molar-refractivity contribution is 7.90. The van der Waals surface area contributed by atoms with Crippen molar-refractivity contribution in [3.63, 3.8) is 0 Å². The van der Waals surface area contributed by atoms with Crippen molar-refractivity contribution >= 4 is 34.7 Å². The first-order valence-corrected chi connectivity index (χ1v) is 20.1. The second-order valence-electron chi connectivity index (χ2n) is 12.4. The average Bonchev–Trinajstić information content (AvgIpc) is 3.11. The van der Waals surface area contributed by atoms with Crippen LogP contribution >= 0.6 is 7.29 Å². The van der Waals surface area contributed by atoms with Gasteiger partial charge >= 0.3 is 12.1 Å². The second-order valence-corrected chi connectivity index (χ2v) is 16.8. The lowest BCUT2D eigenvalue weighted by Gasteiger charge is -2.33. The molecule has 4 atom stereocenters. The van der Waals surface area contributed by atoms with Crippen molar-refractivity contribution in [2.75, 3.05) is 12.4 Å². The van der Waals surface area contributed by atoms with E-state index in [0.717, 1.165) is 11.1 Å². The Morgan fingerprint density at radius 2 is 1.30 bits per heavy atom. The molecule has 4 aromatic rings. The van der Waals surface area contributed by atoms with Gasteiger partial charge in [0.15, 0.2) is 7.29 Å². The van der Waals surface area contributed by atoms with Crippen molar-refractivity contribution in [2.45, 2.75) is 58.1 Å². The lowest BCUT2D eigenvalue weighted by molar-refractivity contribution is -0.145. The minimum atomic E-state index is -4.29. The number of esters is 1. The fourth-order valence-corrected chi connectivity index (χ4v) is 10.4. The van der Waals surface area contributed by atoms with E-state index in [1.807, 2.05) is 74.5 Å². The minimum Gasteiger partial charge on any atom is -0.465 e. The maximum absolute atomic E-state index is 15.5. The van der Waals surface area contributed by atoms with Crippen LogP contribution in [0.25, 0.3) is 0 Å². The molecule has 0 aromatic heterocycles. The third-order valence-corrected chi connectivity index (χ3v) is 12.3. The highest BCUT2D eigenvalue weighted by Crippen LogP contribution is 2.54. The molecule has 0 bridgehead atoms. The van der Waals surface area contributed by atoms with Crippen LogP contribution in [0.2, 0.25) is 0 Å². The first kappa shape index (κ1) is 38.5. The summed E-state index contributed by atoms with van der Waals surface area (Å²) >= 11 is 0. The summed E-state index contributed by atoms with van der Waals surface area (Å²) in [7, 11) is -8.32. The van der Waals surface area contributed by atoms with E-state index in [1.165, 1.54) is 0 Å². The van der Waals surface area contributed by atoms with E-state index in [0.29, 0.717) is 17.3 Å². The number of sulfonamides is 1. The number of nitrogens with one attached hydrogen (secondary N) is 3. The quantitative estimate of drug-likeness (QED) is 0.0803. The molecule has 50 heavy (non-hydrogen) atoms. The Morgan fingerprint density at radius 1 is 0.760 bits per heavy atom. The third kappa shape index (κ3) is 11.7. The molecule has 1 amide bonds. The Labute approximate surface area is 295 Å². The predicted octanol–water partition coefficient (Wildman–Crippen LogP) is 6.31. The van der Waals surface area contributed by atoms with Gasteiger partial charge in [0.1, 0.15) is 18.4 Å². The summed E-state index contributed by atoms with van der Waals surface area (Å²) in [6.45, 7) is 5.70. The van der Waals surface area contributed by atoms with Gasteiger partial charge in [-0.15, -0.1) is 0 Å². The Balaban J connectivity index is 1.69. The molecule has 0 saturated carbocycles. The van der Waals surface area contributed by atoms with Crippen molar-refractivity contribution in [2.24, 2.45) is 5.92 Å². The summed E-state index contributed by atoms with van der Waals surface area (Å²) in [6, 6.07) is 33.5. The standard InChI is InChI=1S/C38H46N3O7PS/c1-4-47-37(42)35(25-29(2)3)40-49(44,34-23-15-8-16-24-34)36(32-21-13-7-14-22-32)41-50(45,46)28-33(26-30-17-9-5-10-18-30)39-38(43)48-27-31-19-11-6-12-20-31/h5-24,29,33,35-36,41H,4,25-28H2,1-3H3,(H,39,43)(H,40,44)/t33-,35-,36+,49?/m0/s1. The van der Waals surface area contributed by atoms with Crippen LogP contribution in [0.3, 0.4) is 0 Å². The molecule has 0 aliphatic carbocycles. The van der Waals surface area contributed by atoms with Gasteiger partial charge < -0.3 is 14.8 Å². The maximum atomic E-state index is 15.5. The molecule has 3 N–H and O–H groups in total. The maximum Gasteiger partial charge on any atom is 0.407 e. The number of hydrogen-bond donors (Lipinski definition) is 3. The molecule has 0 spiro atoms. The zero-order valence-electron chi connectivity index (χ0n) is 28.6. The van der Waals surface area contributed by atoms with Crippen molar-refractivity contribution in [3.8, 4) is 0 Å². The SMILES string of the molecule is CCOC(=O)[C@H](CC(C)C)NP(=O)(c1ccccc1)[C@@H](NS(=O)(=O)C[C@H](Cc1ccccc1)NC(=O)OCc1ccccc1)c1ccccc1. The number of rotatable bonds is 18. The fraction of sp³-hybridized carbons (Fsp3) is 0.316. The molecule has 0 radical (unpaired) electrons. The summed E-state index contributed by atoms with van der Waals surface area (Å²) in [5.74, 6) is -2.41. The lowest BCUT2D eigenvalue weighted by Crippen LogP contribution is -2.47. The van der Waals surface area contributed by atoms with Gasteiger partial charge in [0, 0.05) is 5.30 Å². The van der Waals surface area contributed by atoms with Crippen LogP contribution < -0.4 is 20.4 Å². The Hall–Kier alpha value is -4.28. The Morgan fingerprint density at radius 3 is 1.86 bits per heavy atom. The van der Waals surface area contributed by atoms with Gasteiger partial charge in [0.05, 0.1) is 18.4 Å². The average molecular weight is 720 g/mol. The molecule has 266 valence electrons. The molecule has 4 aromatic carbocycles. The first-order chi connectivity index (χ1) is 24.0. The summed E-state index contributed by atoms with van der Waals surface area (Å²) in [6.07, 6.45) is -0.281. The second kappa shape index (κ2) is 18.6. The highest BCUT2D eigenvalue weighted by atomic mass is 32.2. The number of benzene rings is 4. The van der Waals surface area contributed by atoms with Gasteiger partial charge in [0.2, 0.25) is 10.0 Å². The molecular weight excluding hydrogens is 673 g/mol. The van der Waals surface area contributed by atoms with Crippen molar-refractivity contribution < 1.29 is 32.0 Å². The molecule has 0 aliphatic heterocycles. The monoisotopic (exact) mass is 719 g/mol. The highest BCUT2D eigenvalue weighted by Gasteiger charge is 2.42. The fourth-order valence-electron chi connectivity index (χ4n) is 5.55. The smallest absolute Gasteiger partial charge is 0.407 e. The van der Waals surface area contributed by atoms with Crippen molar-refractivity contribution in [1.82, 2.24) is 15.1 Å². The van der Waals surface area contributed by atoms with Gasteiger partial charge in [0.25, 0.3) is 0 Å². The number of alkyl carbamates (subject to hydrolysis) is 1. The topological polar surface area (TPSA) is 140 Å². The van der Waals surface area contributed by atoms with Crippen LogP contribution in [0.5, 0.6) is 0 Å². The number of hydrogen-bond acceptors (Lipinski definition) is 7. The van der Waals surface area contributed by atoms with E-state index in [1.54, 1.807) is 67.6 Å². The Kier molecular flexibility index (Phi) is 14.4. The van der Waals surface area contributed by atoms with Crippen LogP contribution in [0.1, 0.15) is 49.7 Å². The van der Waals surface area contributed by atoms with Crippen molar-refractivity contribution in [3.05, 3.63) is 138 Å². The van der Waals surface area contributed by atoms with Crippen LogP contribution in [0.15, 0.2) is 121 Å². The molecule has 12 heteroatoms. The summed E-state index contributed by atoms with van der Waals surface area (Å²) < 4.78 is 57.5. The molecule has 0 heterocycles. The minimum absolute atomic E-state index is 0.00967. The Bertz CT molecular complexity index is 1800. The molecule has 0 fully saturated rings. The summed E-state index contributed by atoms with van der Waals surface area (Å²) in [5.41, 5.74) is 2.01. The van der Waals surface area contributed by atoms with E-state index < -0.39 is 53.0 Å². The first-order valence-electron chi connectivity index (χ1n) is 16.6. The van der Waals surface area contributed by atoms with Crippen LogP contribution in [0, 0.1) is 5.92 Å². The molecule has 1 unspecified atom stereocenters. The number of amides is 1. The number of ether oxygens (including phenoxy) is 2.